The van der Waals surface area contributed by atoms with Gasteiger partial charge in [0.2, 0.25) is 0 Å². The molecular weight excluding hydrogens is 174 g/mol. The van der Waals surface area contributed by atoms with Gasteiger partial charge in [-0.15, -0.1) is 0 Å². The first-order valence-electron chi connectivity index (χ1n) is 5.22. The highest BCUT2D eigenvalue weighted by molar-refractivity contribution is 5.36. The molecule has 0 spiro atoms. The molecule has 0 aromatic heterocycles. The predicted octanol–water partition coefficient (Wildman–Crippen LogP) is 1.56. The van der Waals surface area contributed by atoms with E-state index in [-0.39, 0.29) is 6.61 Å². The van der Waals surface area contributed by atoms with Crippen molar-refractivity contribution in [2.45, 2.75) is 25.8 Å². The Kier molecular flexibility index (Phi) is 2.85. The number of rotatable bonds is 2. The first-order valence-corrected chi connectivity index (χ1v) is 5.22. The molecule has 1 aliphatic rings. The fraction of sp³-hybridized carbons (Fsp3) is 0.500. The lowest BCUT2D eigenvalue weighted by molar-refractivity contribution is 0.271. The first kappa shape index (κ1) is 9.69. The molecular formula is C12H17NO. The third-order valence-corrected chi connectivity index (χ3v) is 2.92. The third kappa shape index (κ3) is 1.81. The number of nitrogens with one attached hydrogen (secondary N) is 1. The second-order valence-corrected chi connectivity index (χ2v) is 4.04. The highest BCUT2D eigenvalue weighted by Gasteiger charge is 2.18. The van der Waals surface area contributed by atoms with E-state index in [0.717, 1.165) is 19.5 Å². The molecule has 0 aliphatic carbocycles. The number of benzene rings is 1. The van der Waals surface area contributed by atoms with Gasteiger partial charge in [-0.25, -0.2) is 0 Å². The molecule has 2 rings (SSSR count). The van der Waals surface area contributed by atoms with E-state index in [1.54, 1.807) is 0 Å². The van der Waals surface area contributed by atoms with Crippen LogP contribution in [0.4, 0.5) is 0 Å². The molecule has 1 aromatic rings. The fourth-order valence-corrected chi connectivity index (χ4v) is 2.16. The van der Waals surface area contributed by atoms with E-state index in [2.05, 4.69) is 30.4 Å². The summed E-state index contributed by atoms with van der Waals surface area (Å²) in [6.45, 7) is 4.37. The number of aryl methyl sites for hydroxylation is 1. The summed E-state index contributed by atoms with van der Waals surface area (Å²) in [6, 6.07) is 6.61. The highest BCUT2D eigenvalue weighted by Crippen LogP contribution is 2.27. The lowest BCUT2D eigenvalue weighted by Gasteiger charge is -2.26. The van der Waals surface area contributed by atoms with Gasteiger partial charge >= 0.3 is 0 Å². The number of aliphatic hydroxyl groups is 1. The molecule has 0 saturated heterocycles. The molecule has 1 heterocycles. The third-order valence-electron chi connectivity index (χ3n) is 2.92. The van der Waals surface area contributed by atoms with Crippen LogP contribution < -0.4 is 5.32 Å². The number of hydrogen-bond donors (Lipinski definition) is 2. The van der Waals surface area contributed by atoms with Crippen molar-refractivity contribution in [2.75, 3.05) is 13.2 Å². The molecule has 2 nitrogen and oxygen atoms in total. The molecule has 1 aliphatic heterocycles. The summed E-state index contributed by atoms with van der Waals surface area (Å²) in [5, 5.41) is 12.4. The van der Waals surface area contributed by atoms with Crippen molar-refractivity contribution in [1.82, 2.24) is 5.32 Å². The molecule has 14 heavy (non-hydrogen) atoms. The van der Waals surface area contributed by atoms with Crippen LogP contribution in [0, 0.1) is 6.92 Å². The molecule has 1 unspecified atom stereocenters. The summed E-state index contributed by atoms with van der Waals surface area (Å²) in [5.41, 5.74) is 4.13. The van der Waals surface area contributed by atoms with Crippen LogP contribution >= 0.6 is 0 Å². The minimum absolute atomic E-state index is 0.278. The van der Waals surface area contributed by atoms with Crippen molar-refractivity contribution in [3.05, 3.63) is 34.9 Å². The average Bonchev–Trinajstić information content (AvgIpc) is 2.19. The maximum absolute atomic E-state index is 8.99. The summed E-state index contributed by atoms with van der Waals surface area (Å²) in [7, 11) is 0. The van der Waals surface area contributed by atoms with Crippen molar-refractivity contribution in [2.24, 2.45) is 0 Å². The smallest absolute Gasteiger partial charge is 0.0437 e. The molecule has 2 N–H and O–H groups in total. The van der Waals surface area contributed by atoms with Crippen LogP contribution in [-0.4, -0.2) is 18.3 Å². The Morgan fingerprint density at radius 3 is 3.14 bits per heavy atom. The van der Waals surface area contributed by atoms with Crippen molar-refractivity contribution in [3.63, 3.8) is 0 Å². The summed E-state index contributed by atoms with van der Waals surface area (Å²) in [4.78, 5) is 0. The molecule has 2 heteroatoms. The van der Waals surface area contributed by atoms with Crippen molar-refractivity contribution >= 4 is 0 Å². The maximum atomic E-state index is 8.99. The second kappa shape index (κ2) is 4.11. The fourth-order valence-electron chi connectivity index (χ4n) is 2.16. The van der Waals surface area contributed by atoms with Crippen LogP contribution in [0.3, 0.4) is 0 Å². The zero-order valence-corrected chi connectivity index (χ0v) is 8.59. The monoisotopic (exact) mass is 191 g/mol. The Hall–Kier alpha value is -0.860. The van der Waals surface area contributed by atoms with Crippen molar-refractivity contribution in [1.29, 1.82) is 0 Å². The standard InChI is InChI=1S/C12H17NO/c1-9-2-3-10-7-13-8-11(4-5-14)12(10)6-9/h2-3,6,11,13-14H,4-5,7-8H2,1H3. The first-order chi connectivity index (χ1) is 6.81. The van der Waals surface area contributed by atoms with E-state index >= 15 is 0 Å². The highest BCUT2D eigenvalue weighted by atomic mass is 16.3. The van der Waals surface area contributed by atoms with Crippen LogP contribution in [0.25, 0.3) is 0 Å². The minimum Gasteiger partial charge on any atom is -0.396 e. The van der Waals surface area contributed by atoms with Crippen LogP contribution in [0.2, 0.25) is 0 Å². The Bertz CT molecular complexity index is 322. The van der Waals surface area contributed by atoms with Gasteiger partial charge < -0.3 is 10.4 Å². The van der Waals surface area contributed by atoms with Crippen LogP contribution in [0.5, 0.6) is 0 Å². The van der Waals surface area contributed by atoms with E-state index < -0.39 is 0 Å². The van der Waals surface area contributed by atoms with E-state index in [1.165, 1.54) is 16.7 Å². The Morgan fingerprint density at radius 1 is 1.50 bits per heavy atom. The average molecular weight is 191 g/mol. The number of hydrogen-bond acceptors (Lipinski definition) is 2. The topological polar surface area (TPSA) is 32.3 Å². The largest absolute Gasteiger partial charge is 0.396 e. The Balaban J connectivity index is 2.32. The van der Waals surface area contributed by atoms with Crippen LogP contribution in [-0.2, 0) is 6.54 Å². The number of aliphatic hydroxyl groups excluding tert-OH is 1. The van der Waals surface area contributed by atoms with Crippen LogP contribution in [0.1, 0.15) is 29.0 Å². The van der Waals surface area contributed by atoms with Gasteiger partial charge in [0.1, 0.15) is 0 Å². The zero-order valence-electron chi connectivity index (χ0n) is 8.59. The molecule has 0 amide bonds. The Morgan fingerprint density at radius 2 is 2.36 bits per heavy atom. The summed E-state index contributed by atoms with van der Waals surface area (Å²) >= 11 is 0. The lowest BCUT2D eigenvalue weighted by atomic mass is 9.88. The SMILES string of the molecule is Cc1ccc2c(c1)C(CCO)CNC2. The second-order valence-electron chi connectivity index (χ2n) is 4.04. The van der Waals surface area contributed by atoms with Gasteiger partial charge in [0, 0.05) is 19.7 Å². The van der Waals surface area contributed by atoms with Gasteiger partial charge in [0.15, 0.2) is 0 Å². The van der Waals surface area contributed by atoms with Gasteiger partial charge in [0.25, 0.3) is 0 Å². The maximum Gasteiger partial charge on any atom is 0.0437 e. The number of fused-ring (bicyclic) bond motifs is 1. The van der Waals surface area contributed by atoms with E-state index in [0.29, 0.717) is 5.92 Å². The zero-order chi connectivity index (χ0) is 9.97. The van der Waals surface area contributed by atoms with E-state index in [9.17, 15) is 0 Å². The normalized spacial score (nSPS) is 20.6. The lowest BCUT2D eigenvalue weighted by Crippen LogP contribution is -2.28. The van der Waals surface area contributed by atoms with Gasteiger partial charge in [-0.2, -0.15) is 0 Å². The van der Waals surface area contributed by atoms with Gasteiger partial charge in [-0.1, -0.05) is 23.8 Å². The van der Waals surface area contributed by atoms with Gasteiger partial charge in [-0.05, 0) is 30.4 Å². The summed E-state index contributed by atoms with van der Waals surface area (Å²) in [5.74, 6) is 0.489. The van der Waals surface area contributed by atoms with Gasteiger partial charge in [0.05, 0.1) is 0 Å². The molecule has 1 atom stereocenters. The minimum atomic E-state index is 0.278. The molecule has 76 valence electrons. The predicted molar refractivity (Wildman–Crippen MR) is 57.3 cm³/mol. The molecule has 0 bridgehead atoms. The Labute approximate surface area is 85.0 Å². The van der Waals surface area contributed by atoms with E-state index in [1.807, 2.05) is 0 Å². The summed E-state index contributed by atoms with van der Waals surface area (Å²) < 4.78 is 0. The van der Waals surface area contributed by atoms with Crippen molar-refractivity contribution in [3.8, 4) is 0 Å². The van der Waals surface area contributed by atoms with E-state index in [4.69, 9.17) is 5.11 Å². The molecule has 1 aromatic carbocycles. The van der Waals surface area contributed by atoms with Gasteiger partial charge in [-0.3, -0.25) is 0 Å². The summed E-state index contributed by atoms with van der Waals surface area (Å²) in [6.07, 6.45) is 0.865. The quantitative estimate of drug-likeness (QED) is 0.743. The van der Waals surface area contributed by atoms with Crippen molar-refractivity contribution < 1.29 is 5.11 Å². The molecule has 0 saturated carbocycles. The van der Waals surface area contributed by atoms with Crippen LogP contribution in [0.15, 0.2) is 18.2 Å². The molecule has 0 radical (unpaired) electrons. The molecule has 0 fully saturated rings.